The van der Waals surface area contributed by atoms with Crippen molar-refractivity contribution in [3.63, 3.8) is 0 Å². The Morgan fingerprint density at radius 3 is 2.55 bits per heavy atom. The largest absolute Gasteiger partial charge is 0.442 e. The molecular weight excluding hydrogens is 288 g/mol. The van der Waals surface area contributed by atoms with Crippen LogP contribution in [0.2, 0.25) is 0 Å². The van der Waals surface area contributed by atoms with Crippen molar-refractivity contribution in [3.05, 3.63) is 40.9 Å². The lowest BCUT2D eigenvalue weighted by molar-refractivity contribution is -0.122. The lowest BCUT2D eigenvalue weighted by Gasteiger charge is -2.07. The summed E-state index contributed by atoms with van der Waals surface area (Å²) in [6.45, 7) is 1.79. The highest BCUT2D eigenvalue weighted by atomic mass is 16.5. The van der Waals surface area contributed by atoms with Gasteiger partial charge in [0.2, 0.25) is 11.8 Å². The standard InChI is InChI=1S/C14H16N4O4/c1-10(19)15-7-8-16-12(20)9-18-13(17-22-14(18)21)11-5-3-2-4-6-11/h2-6H,7-9H2,1H3,(H,15,19)(H,16,20). The predicted molar refractivity (Wildman–Crippen MR) is 77.9 cm³/mol. The van der Waals surface area contributed by atoms with Crippen LogP contribution in [0.15, 0.2) is 39.6 Å². The zero-order valence-electron chi connectivity index (χ0n) is 12.0. The second kappa shape index (κ2) is 7.21. The molecule has 0 fully saturated rings. The summed E-state index contributed by atoms with van der Waals surface area (Å²) in [5, 5.41) is 8.85. The van der Waals surface area contributed by atoms with Crippen molar-refractivity contribution >= 4 is 11.8 Å². The Labute approximate surface area is 126 Å². The van der Waals surface area contributed by atoms with Crippen molar-refractivity contribution in [1.82, 2.24) is 20.4 Å². The monoisotopic (exact) mass is 304 g/mol. The summed E-state index contributed by atoms with van der Waals surface area (Å²) in [5.41, 5.74) is 0.680. The SMILES string of the molecule is CC(=O)NCCNC(=O)Cn1c(-c2ccccc2)noc1=O. The highest BCUT2D eigenvalue weighted by Gasteiger charge is 2.15. The summed E-state index contributed by atoms with van der Waals surface area (Å²) < 4.78 is 5.78. The Hall–Kier alpha value is -2.90. The van der Waals surface area contributed by atoms with Crippen molar-refractivity contribution in [2.24, 2.45) is 0 Å². The molecule has 0 aliphatic rings. The number of hydrogen-bond donors (Lipinski definition) is 2. The number of carbonyl (C=O) groups excluding carboxylic acids is 2. The van der Waals surface area contributed by atoms with Crippen molar-refractivity contribution < 1.29 is 14.1 Å². The van der Waals surface area contributed by atoms with Crippen LogP contribution in [0, 0.1) is 0 Å². The van der Waals surface area contributed by atoms with Crippen LogP contribution >= 0.6 is 0 Å². The average molecular weight is 304 g/mol. The summed E-state index contributed by atoms with van der Waals surface area (Å²) >= 11 is 0. The first kappa shape index (κ1) is 15.5. The average Bonchev–Trinajstić information content (AvgIpc) is 2.86. The number of nitrogens with zero attached hydrogens (tertiary/aromatic N) is 2. The molecule has 1 aromatic carbocycles. The molecule has 0 saturated carbocycles. The normalized spacial score (nSPS) is 10.2. The Morgan fingerprint density at radius 2 is 1.86 bits per heavy atom. The van der Waals surface area contributed by atoms with Gasteiger partial charge in [-0.05, 0) is 0 Å². The fraction of sp³-hybridized carbons (Fsp3) is 0.286. The predicted octanol–water partition coefficient (Wildman–Crippen LogP) is -0.244. The van der Waals surface area contributed by atoms with Gasteiger partial charge >= 0.3 is 5.76 Å². The molecule has 116 valence electrons. The number of benzene rings is 1. The zero-order valence-corrected chi connectivity index (χ0v) is 12.0. The van der Waals surface area contributed by atoms with Gasteiger partial charge in [-0.25, -0.2) is 9.36 Å². The summed E-state index contributed by atoms with van der Waals surface area (Å²) in [5.74, 6) is -0.942. The third-order valence-electron chi connectivity index (χ3n) is 2.84. The number of rotatable bonds is 6. The van der Waals surface area contributed by atoms with Crippen LogP contribution in [0.5, 0.6) is 0 Å². The van der Waals surface area contributed by atoms with Crippen LogP contribution in [0.1, 0.15) is 6.92 Å². The highest BCUT2D eigenvalue weighted by Crippen LogP contribution is 2.14. The molecular formula is C14H16N4O4. The van der Waals surface area contributed by atoms with Crippen LogP contribution in [0.25, 0.3) is 11.4 Å². The van der Waals surface area contributed by atoms with Crippen molar-refractivity contribution in [2.45, 2.75) is 13.5 Å². The van der Waals surface area contributed by atoms with Gasteiger partial charge in [0.15, 0.2) is 5.82 Å². The van der Waals surface area contributed by atoms with E-state index in [4.69, 9.17) is 0 Å². The van der Waals surface area contributed by atoms with Gasteiger partial charge in [0.25, 0.3) is 0 Å². The van der Waals surface area contributed by atoms with Gasteiger partial charge in [0, 0.05) is 25.6 Å². The van der Waals surface area contributed by atoms with Gasteiger partial charge in [-0.2, -0.15) is 0 Å². The summed E-state index contributed by atoms with van der Waals surface area (Å²) in [6, 6.07) is 8.96. The third-order valence-corrected chi connectivity index (χ3v) is 2.84. The minimum absolute atomic E-state index is 0.170. The molecule has 2 aromatic rings. The van der Waals surface area contributed by atoms with Crippen LogP contribution in [-0.2, 0) is 16.1 Å². The van der Waals surface area contributed by atoms with Crippen LogP contribution in [0.3, 0.4) is 0 Å². The quantitative estimate of drug-likeness (QED) is 0.716. The highest BCUT2D eigenvalue weighted by molar-refractivity contribution is 5.76. The van der Waals surface area contributed by atoms with E-state index in [1.807, 2.05) is 6.07 Å². The molecule has 8 nitrogen and oxygen atoms in total. The molecule has 0 atom stereocenters. The minimum atomic E-state index is -0.698. The first-order chi connectivity index (χ1) is 10.6. The van der Waals surface area contributed by atoms with E-state index in [9.17, 15) is 14.4 Å². The molecule has 0 aliphatic carbocycles. The third kappa shape index (κ3) is 4.05. The molecule has 2 amide bonds. The Bertz CT molecular complexity index is 705. The summed E-state index contributed by atoms with van der Waals surface area (Å²) in [7, 11) is 0. The van der Waals surface area contributed by atoms with E-state index in [1.165, 1.54) is 6.92 Å². The number of nitrogens with one attached hydrogen (secondary N) is 2. The zero-order chi connectivity index (χ0) is 15.9. The fourth-order valence-corrected chi connectivity index (χ4v) is 1.84. The van der Waals surface area contributed by atoms with E-state index in [0.29, 0.717) is 17.9 Å². The maximum absolute atomic E-state index is 11.8. The Balaban J connectivity index is 2.01. The topological polar surface area (TPSA) is 106 Å². The molecule has 1 heterocycles. The van der Waals surface area contributed by atoms with E-state index >= 15 is 0 Å². The number of aromatic nitrogens is 2. The molecule has 0 radical (unpaired) electrons. The molecule has 0 unspecified atom stereocenters. The maximum Gasteiger partial charge on any atom is 0.442 e. The molecule has 22 heavy (non-hydrogen) atoms. The molecule has 2 N–H and O–H groups in total. The molecule has 0 bridgehead atoms. The second-order valence-electron chi connectivity index (χ2n) is 4.56. The first-order valence-electron chi connectivity index (χ1n) is 6.71. The summed E-state index contributed by atoms with van der Waals surface area (Å²) in [6.07, 6.45) is 0. The first-order valence-corrected chi connectivity index (χ1v) is 6.71. The lowest BCUT2D eigenvalue weighted by Crippen LogP contribution is -2.36. The molecule has 8 heteroatoms. The Kier molecular flexibility index (Phi) is 5.07. The molecule has 2 rings (SSSR count). The molecule has 0 aliphatic heterocycles. The van der Waals surface area contributed by atoms with E-state index < -0.39 is 5.76 Å². The van der Waals surface area contributed by atoms with E-state index in [2.05, 4.69) is 20.3 Å². The molecule has 0 saturated heterocycles. The minimum Gasteiger partial charge on any atom is -0.355 e. The van der Waals surface area contributed by atoms with E-state index in [-0.39, 0.29) is 24.9 Å². The van der Waals surface area contributed by atoms with E-state index in [1.54, 1.807) is 24.3 Å². The molecule has 1 aromatic heterocycles. The van der Waals surface area contributed by atoms with Crippen molar-refractivity contribution in [3.8, 4) is 11.4 Å². The van der Waals surface area contributed by atoms with Gasteiger partial charge in [0.1, 0.15) is 6.54 Å². The van der Waals surface area contributed by atoms with Gasteiger partial charge in [-0.1, -0.05) is 35.5 Å². The smallest absolute Gasteiger partial charge is 0.355 e. The number of amides is 2. The van der Waals surface area contributed by atoms with Gasteiger partial charge in [-0.3, -0.25) is 14.1 Å². The van der Waals surface area contributed by atoms with Gasteiger partial charge in [-0.15, -0.1) is 0 Å². The van der Waals surface area contributed by atoms with E-state index in [0.717, 1.165) is 4.57 Å². The lowest BCUT2D eigenvalue weighted by atomic mass is 10.2. The van der Waals surface area contributed by atoms with Crippen LogP contribution in [0.4, 0.5) is 0 Å². The van der Waals surface area contributed by atoms with Gasteiger partial charge < -0.3 is 10.6 Å². The molecule has 0 spiro atoms. The number of hydrogen-bond acceptors (Lipinski definition) is 5. The maximum atomic E-state index is 11.8. The van der Waals surface area contributed by atoms with Crippen molar-refractivity contribution in [2.75, 3.05) is 13.1 Å². The fourth-order valence-electron chi connectivity index (χ4n) is 1.84. The Morgan fingerprint density at radius 1 is 1.18 bits per heavy atom. The van der Waals surface area contributed by atoms with Crippen molar-refractivity contribution in [1.29, 1.82) is 0 Å². The van der Waals surface area contributed by atoms with Gasteiger partial charge in [0.05, 0.1) is 0 Å². The summed E-state index contributed by atoms with van der Waals surface area (Å²) in [4.78, 5) is 34.2. The van der Waals surface area contributed by atoms with Crippen LogP contribution in [-0.4, -0.2) is 34.6 Å². The second-order valence-corrected chi connectivity index (χ2v) is 4.56. The number of carbonyl (C=O) groups is 2. The van der Waals surface area contributed by atoms with Crippen LogP contribution < -0.4 is 16.4 Å².